The standard InChI is InChI=1S/C23H25N3O4/c1-29-18-8-6-17(7-9-18)23(12-2-3-13-23)22(28)24-14-15-26-21(27)11-10-19(25-26)20-5-4-16-30-20/h4-11,16H,2-3,12-15H2,1H3,(H,24,28). The molecule has 1 amide bonds. The van der Waals surface area contributed by atoms with Crippen LogP contribution in [0.2, 0.25) is 0 Å². The summed E-state index contributed by atoms with van der Waals surface area (Å²) in [6.45, 7) is 0.614. The Morgan fingerprint density at radius 3 is 2.60 bits per heavy atom. The molecule has 0 bridgehead atoms. The van der Waals surface area contributed by atoms with E-state index < -0.39 is 5.41 Å². The monoisotopic (exact) mass is 407 g/mol. The van der Waals surface area contributed by atoms with Crippen LogP contribution >= 0.6 is 0 Å². The molecule has 1 aliphatic carbocycles. The number of nitrogens with one attached hydrogen (secondary N) is 1. The van der Waals surface area contributed by atoms with Crippen molar-refractivity contribution in [3.05, 3.63) is 70.7 Å². The summed E-state index contributed by atoms with van der Waals surface area (Å²) in [6, 6.07) is 14.4. The highest BCUT2D eigenvalue weighted by atomic mass is 16.5. The molecule has 30 heavy (non-hydrogen) atoms. The van der Waals surface area contributed by atoms with Gasteiger partial charge in [0.15, 0.2) is 5.76 Å². The van der Waals surface area contributed by atoms with Crippen molar-refractivity contribution in [3.8, 4) is 17.2 Å². The Labute approximate surface area is 174 Å². The fourth-order valence-electron chi connectivity index (χ4n) is 4.14. The number of ether oxygens (including phenoxy) is 1. The average Bonchev–Trinajstić information content (AvgIpc) is 3.48. The second-order valence-corrected chi connectivity index (χ2v) is 7.53. The minimum atomic E-state index is -0.527. The van der Waals surface area contributed by atoms with Gasteiger partial charge in [-0.1, -0.05) is 25.0 Å². The lowest BCUT2D eigenvalue weighted by Crippen LogP contribution is -2.44. The van der Waals surface area contributed by atoms with Gasteiger partial charge in [-0.3, -0.25) is 9.59 Å². The topological polar surface area (TPSA) is 86.4 Å². The molecule has 1 N–H and O–H groups in total. The van der Waals surface area contributed by atoms with E-state index in [9.17, 15) is 9.59 Å². The smallest absolute Gasteiger partial charge is 0.266 e. The zero-order valence-corrected chi connectivity index (χ0v) is 17.0. The molecule has 1 saturated carbocycles. The van der Waals surface area contributed by atoms with E-state index in [2.05, 4.69) is 10.4 Å². The highest BCUT2D eigenvalue weighted by molar-refractivity contribution is 5.88. The van der Waals surface area contributed by atoms with Crippen LogP contribution in [0.4, 0.5) is 0 Å². The minimum Gasteiger partial charge on any atom is -0.497 e. The molecule has 0 aliphatic heterocycles. The number of amides is 1. The Balaban J connectivity index is 1.46. The van der Waals surface area contributed by atoms with Gasteiger partial charge in [0.1, 0.15) is 11.4 Å². The zero-order valence-electron chi connectivity index (χ0n) is 17.0. The molecule has 1 aromatic carbocycles. The van der Waals surface area contributed by atoms with Gasteiger partial charge in [0.25, 0.3) is 5.56 Å². The third kappa shape index (κ3) is 3.87. The fraction of sp³-hybridized carbons (Fsp3) is 0.348. The fourth-order valence-corrected chi connectivity index (χ4v) is 4.14. The molecule has 156 valence electrons. The molecule has 0 atom stereocenters. The first-order valence-electron chi connectivity index (χ1n) is 10.2. The van der Waals surface area contributed by atoms with Crippen LogP contribution in [0.1, 0.15) is 31.2 Å². The maximum atomic E-state index is 13.2. The van der Waals surface area contributed by atoms with Gasteiger partial charge >= 0.3 is 0 Å². The van der Waals surface area contributed by atoms with E-state index in [1.807, 2.05) is 24.3 Å². The second kappa shape index (κ2) is 8.57. The van der Waals surface area contributed by atoms with Gasteiger partial charge in [-0.15, -0.1) is 0 Å². The van der Waals surface area contributed by atoms with Crippen LogP contribution in [-0.4, -0.2) is 29.3 Å². The summed E-state index contributed by atoms with van der Waals surface area (Å²) in [5.41, 5.74) is 0.843. The number of nitrogens with zero attached hydrogens (tertiary/aromatic N) is 2. The molecule has 3 aromatic rings. The molecule has 7 heteroatoms. The van der Waals surface area contributed by atoms with Crippen LogP contribution in [0.15, 0.2) is 64.0 Å². The van der Waals surface area contributed by atoms with Crippen molar-refractivity contribution in [1.29, 1.82) is 0 Å². The summed E-state index contributed by atoms with van der Waals surface area (Å²) >= 11 is 0. The van der Waals surface area contributed by atoms with Gasteiger partial charge in [0.2, 0.25) is 5.91 Å². The Bertz CT molecular complexity index is 1050. The van der Waals surface area contributed by atoms with Crippen LogP contribution < -0.4 is 15.6 Å². The van der Waals surface area contributed by atoms with Crippen molar-refractivity contribution in [2.45, 2.75) is 37.6 Å². The van der Waals surface area contributed by atoms with Gasteiger partial charge < -0.3 is 14.5 Å². The molecular weight excluding hydrogens is 382 g/mol. The number of carbonyl (C=O) groups excluding carboxylic acids is 1. The van der Waals surface area contributed by atoms with Crippen molar-refractivity contribution >= 4 is 5.91 Å². The average molecular weight is 407 g/mol. The van der Waals surface area contributed by atoms with Crippen molar-refractivity contribution in [2.24, 2.45) is 0 Å². The van der Waals surface area contributed by atoms with E-state index in [1.54, 1.807) is 31.6 Å². The number of benzene rings is 1. The van der Waals surface area contributed by atoms with Crippen molar-refractivity contribution < 1.29 is 13.9 Å². The van der Waals surface area contributed by atoms with E-state index in [1.165, 1.54) is 10.7 Å². The predicted molar refractivity (Wildman–Crippen MR) is 112 cm³/mol. The number of carbonyl (C=O) groups is 1. The normalized spacial score (nSPS) is 15.1. The maximum absolute atomic E-state index is 13.2. The lowest BCUT2D eigenvalue weighted by molar-refractivity contribution is -0.126. The van der Waals surface area contributed by atoms with Gasteiger partial charge in [0.05, 0.1) is 25.3 Å². The molecule has 0 saturated heterocycles. The molecule has 0 radical (unpaired) electrons. The number of aromatic nitrogens is 2. The SMILES string of the molecule is COc1ccc(C2(C(=O)NCCn3nc(-c4ccco4)ccc3=O)CCCC2)cc1. The van der Waals surface area contributed by atoms with E-state index in [0.717, 1.165) is 37.0 Å². The minimum absolute atomic E-state index is 0.000375. The highest BCUT2D eigenvalue weighted by Gasteiger charge is 2.42. The van der Waals surface area contributed by atoms with Crippen LogP contribution in [-0.2, 0) is 16.8 Å². The first kappa shape index (κ1) is 19.9. The molecule has 7 nitrogen and oxygen atoms in total. The van der Waals surface area contributed by atoms with Gasteiger partial charge in [-0.05, 0) is 48.7 Å². The third-order valence-corrected chi connectivity index (χ3v) is 5.78. The molecule has 2 heterocycles. The molecule has 2 aromatic heterocycles. The summed E-state index contributed by atoms with van der Waals surface area (Å²) in [5.74, 6) is 1.37. The van der Waals surface area contributed by atoms with Crippen LogP contribution in [0, 0.1) is 0 Å². The Hall–Kier alpha value is -3.35. The summed E-state index contributed by atoms with van der Waals surface area (Å²) in [7, 11) is 1.63. The number of hydrogen-bond acceptors (Lipinski definition) is 5. The molecule has 4 rings (SSSR count). The molecule has 1 aliphatic rings. The maximum Gasteiger partial charge on any atom is 0.266 e. The van der Waals surface area contributed by atoms with Gasteiger partial charge in [0, 0.05) is 12.6 Å². The van der Waals surface area contributed by atoms with E-state index >= 15 is 0 Å². The van der Waals surface area contributed by atoms with Gasteiger partial charge in [-0.25, -0.2) is 4.68 Å². The third-order valence-electron chi connectivity index (χ3n) is 5.78. The lowest BCUT2D eigenvalue weighted by atomic mass is 9.78. The Kier molecular flexibility index (Phi) is 5.70. The van der Waals surface area contributed by atoms with E-state index in [0.29, 0.717) is 18.0 Å². The highest BCUT2D eigenvalue weighted by Crippen LogP contribution is 2.41. The Morgan fingerprint density at radius 1 is 1.17 bits per heavy atom. The predicted octanol–water partition coefficient (Wildman–Crippen LogP) is 3.14. The Morgan fingerprint density at radius 2 is 1.93 bits per heavy atom. The summed E-state index contributed by atoms with van der Waals surface area (Å²) in [6.07, 6.45) is 5.24. The van der Waals surface area contributed by atoms with E-state index in [4.69, 9.17) is 9.15 Å². The second-order valence-electron chi connectivity index (χ2n) is 7.53. The van der Waals surface area contributed by atoms with E-state index in [-0.39, 0.29) is 18.0 Å². The summed E-state index contributed by atoms with van der Waals surface area (Å²) < 4.78 is 11.9. The largest absolute Gasteiger partial charge is 0.497 e. The van der Waals surface area contributed by atoms with Gasteiger partial charge in [-0.2, -0.15) is 5.10 Å². The number of rotatable bonds is 7. The first-order valence-corrected chi connectivity index (χ1v) is 10.2. The lowest BCUT2D eigenvalue weighted by Gasteiger charge is -2.28. The van der Waals surface area contributed by atoms with Crippen LogP contribution in [0.5, 0.6) is 5.75 Å². The molecular formula is C23H25N3O4. The first-order chi connectivity index (χ1) is 14.6. The summed E-state index contributed by atoms with van der Waals surface area (Å²) in [5, 5.41) is 7.38. The van der Waals surface area contributed by atoms with Crippen LogP contribution in [0.3, 0.4) is 0 Å². The number of hydrogen-bond donors (Lipinski definition) is 1. The van der Waals surface area contributed by atoms with Crippen LogP contribution in [0.25, 0.3) is 11.5 Å². The molecule has 1 fully saturated rings. The van der Waals surface area contributed by atoms with Crippen molar-refractivity contribution in [2.75, 3.05) is 13.7 Å². The number of methoxy groups -OCH3 is 1. The van der Waals surface area contributed by atoms with Crippen molar-refractivity contribution in [1.82, 2.24) is 15.1 Å². The summed E-state index contributed by atoms with van der Waals surface area (Å²) in [4.78, 5) is 25.3. The number of furan rings is 1. The zero-order chi connectivity index (χ0) is 21.0. The van der Waals surface area contributed by atoms with Crippen molar-refractivity contribution in [3.63, 3.8) is 0 Å². The quantitative estimate of drug-likeness (QED) is 0.650. The molecule has 0 spiro atoms. The molecule has 0 unspecified atom stereocenters.